The largest absolute Gasteiger partial charge is 0.298 e. The molecular formula is C15H18O. The second-order valence-electron chi connectivity index (χ2n) is 3.72. The van der Waals surface area contributed by atoms with Crippen LogP contribution in [0.2, 0.25) is 0 Å². The van der Waals surface area contributed by atoms with Gasteiger partial charge in [0.1, 0.15) is 6.29 Å². The van der Waals surface area contributed by atoms with E-state index in [1.165, 1.54) is 12.8 Å². The van der Waals surface area contributed by atoms with Crippen LogP contribution in [-0.4, -0.2) is 6.29 Å². The molecule has 0 spiro atoms. The van der Waals surface area contributed by atoms with Gasteiger partial charge in [0.2, 0.25) is 0 Å². The van der Waals surface area contributed by atoms with Gasteiger partial charge in [0.25, 0.3) is 0 Å². The lowest BCUT2D eigenvalue weighted by atomic mass is 10.1. The lowest BCUT2D eigenvalue weighted by molar-refractivity contribution is -0.104. The first-order valence-corrected chi connectivity index (χ1v) is 5.75. The van der Waals surface area contributed by atoms with Crippen molar-refractivity contribution in [3.8, 4) is 0 Å². The van der Waals surface area contributed by atoms with Gasteiger partial charge >= 0.3 is 0 Å². The molecule has 0 amide bonds. The van der Waals surface area contributed by atoms with Crippen LogP contribution in [0.5, 0.6) is 0 Å². The monoisotopic (exact) mass is 214 g/mol. The fourth-order valence-corrected chi connectivity index (χ4v) is 1.40. The highest BCUT2D eigenvalue weighted by molar-refractivity contribution is 5.85. The summed E-state index contributed by atoms with van der Waals surface area (Å²) in [6.45, 7) is 2.16. The Kier molecular flexibility index (Phi) is 5.94. The van der Waals surface area contributed by atoms with Crippen molar-refractivity contribution in [3.05, 3.63) is 53.6 Å². The van der Waals surface area contributed by atoms with Crippen molar-refractivity contribution in [2.45, 2.75) is 26.2 Å². The maximum absolute atomic E-state index is 10.9. The molecule has 1 heteroatoms. The number of aldehydes is 1. The fraction of sp³-hybridized carbons (Fsp3) is 0.267. The molecule has 1 aromatic rings. The van der Waals surface area contributed by atoms with Crippen LogP contribution in [-0.2, 0) is 4.79 Å². The Hall–Kier alpha value is -1.63. The molecule has 1 nitrogen and oxygen atoms in total. The van der Waals surface area contributed by atoms with Crippen molar-refractivity contribution in [1.82, 2.24) is 0 Å². The van der Waals surface area contributed by atoms with E-state index in [0.717, 1.165) is 23.8 Å². The van der Waals surface area contributed by atoms with Gasteiger partial charge in [-0.25, -0.2) is 0 Å². The zero-order chi connectivity index (χ0) is 11.6. The minimum atomic E-state index is 0.724. The topological polar surface area (TPSA) is 17.1 Å². The number of hydrogen-bond acceptors (Lipinski definition) is 1. The number of unbranched alkanes of at least 4 members (excludes halogenated alkanes) is 2. The lowest BCUT2D eigenvalue weighted by Crippen LogP contribution is -1.80. The van der Waals surface area contributed by atoms with E-state index in [9.17, 15) is 4.79 Å². The van der Waals surface area contributed by atoms with E-state index in [0.29, 0.717) is 0 Å². The van der Waals surface area contributed by atoms with Gasteiger partial charge in [-0.2, -0.15) is 0 Å². The van der Waals surface area contributed by atoms with Gasteiger partial charge in [-0.15, -0.1) is 0 Å². The summed E-state index contributed by atoms with van der Waals surface area (Å²) < 4.78 is 0. The predicted molar refractivity (Wildman–Crippen MR) is 69.1 cm³/mol. The molecule has 0 atom stereocenters. The molecule has 0 bridgehead atoms. The molecule has 84 valence electrons. The van der Waals surface area contributed by atoms with Gasteiger partial charge in [0, 0.05) is 5.57 Å². The van der Waals surface area contributed by atoms with Crippen LogP contribution < -0.4 is 0 Å². The Balaban J connectivity index is 2.64. The van der Waals surface area contributed by atoms with Gasteiger partial charge in [-0.05, 0) is 18.1 Å². The average Bonchev–Trinajstić information content (AvgIpc) is 2.34. The average molecular weight is 214 g/mol. The number of carbonyl (C=O) groups is 1. The molecule has 0 N–H and O–H groups in total. The van der Waals surface area contributed by atoms with Crippen LogP contribution in [0.3, 0.4) is 0 Å². The number of benzene rings is 1. The zero-order valence-corrected chi connectivity index (χ0v) is 9.73. The van der Waals surface area contributed by atoms with Crippen molar-refractivity contribution in [2.75, 3.05) is 0 Å². The summed E-state index contributed by atoms with van der Waals surface area (Å²) in [7, 11) is 0. The van der Waals surface area contributed by atoms with E-state index < -0.39 is 0 Å². The zero-order valence-electron chi connectivity index (χ0n) is 9.73. The molecule has 0 saturated carbocycles. The van der Waals surface area contributed by atoms with Crippen LogP contribution >= 0.6 is 0 Å². The highest BCUT2D eigenvalue weighted by atomic mass is 16.1. The Labute approximate surface area is 97.5 Å². The van der Waals surface area contributed by atoms with Crippen molar-refractivity contribution < 1.29 is 4.79 Å². The third-order valence-corrected chi connectivity index (χ3v) is 2.30. The van der Waals surface area contributed by atoms with Crippen LogP contribution in [0.25, 0.3) is 6.08 Å². The van der Waals surface area contributed by atoms with Gasteiger partial charge in [0.15, 0.2) is 0 Å². The normalized spacial score (nSPS) is 11.9. The second kappa shape index (κ2) is 7.63. The Morgan fingerprint density at radius 2 is 2.00 bits per heavy atom. The van der Waals surface area contributed by atoms with Gasteiger partial charge in [-0.1, -0.05) is 62.2 Å². The molecule has 0 radical (unpaired) electrons. The summed E-state index contributed by atoms with van der Waals surface area (Å²) in [5.41, 5.74) is 1.78. The molecule has 0 aromatic heterocycles. The van der Waals surface area contributed by atoms with Crippen molar-refractivity contribution in [3.63, 3.8) is 0 Å². The highest BCUT2D eigenvalue weighted by Gasteiger charge is 1.90. The minimum absolute atomic E-state index is 0.724. The van der Waals surface area contributed by atoms with Crippen LogP contribution in [0.15, 0.2) is 48.1 Å². The second-order valence-corrected chi connectivity index (χ2v) is 3.72. The first-order valence-electron chi connectivity index (χ1n) is 5.75. The van der Waals surface area contributed by atoms with Gasteiger partial charge in [-0.3, -0.25) is 4.79 Å². The quantitative estimate of drug-likeness (QED) is 0.302. The van der Waals surface area contributed by atoms with E-state index in [-0.39, 0.29) is 0 Å². The molecular weight excluding hydrogens is 196 g/mol. The van der Waals surface area contributed by atoms with Crippen LogP contribution in [0, 0.1) is 0 Å². The Bertz CT molecular complexity index is 360. The van der Waals surface area contributed by atoms with Crippen molar-refractivity contribution >= 4 is 12.4 Å². The fourth-order valence-electron chi connectivity index (χ4n) is 1.40. The predicted octanol–water partition coefficient (Wildman–Crippen LogP) is 4.02. The van der Waals surface area contributed by atoms with Crippen LogP contribution in [0.4, 0.5) is 0 Å². The third-order valence-electron chi connectivity index (χ3n) is 2.30. The van der Waals surface area contributed by atoms with Gasteiger partial charge in [0.05, 0.1) is 0 Å². The van der Waals surface area contributed by atoms with E-state index in [1.807, 2.05) is 42.5 Å². The minimum Gasteiger partial charge on any atom is -0.298 e. The number of hydrogen-bond donors (Lipinski definition) is 0. The SMILES string of the molecule is CCCC/C=C/C(C=O)=C/c1ccccc1. The number of rotatable bonds is 6. The summed E-state index contributed by atoms with van der Waals surface area (Å²) in [6.07, 6.45) is 10.2. The molecule has 0 unspecified atom stereocenters. The van der Waals surface area contributed by atoms with Crippen LogP contribution in [0.1, 0.15) is 31.7 Å². The Morgan fingerprint density at radius 1 is 1.25 bits per heavy atom. The maximum atomic E-state index is 10.9. The van der Waals surface area contributed by atoms with E-state index in [2.05, 4.69) is 13.0 Å². The number of allylic oxidation sites excluding steroid dienone is 3. The summed E-state index contributed by atoms with van der Waals surface area (Å²) in [4.78, 5) is 10.9. The maximum Gasteiger partial charge on any atom is 0.150 e. The van der Waals surface area contributed by atoms with Crippen molar-refractivity contribution in [2.24, 2.45) is 0 Å². The summed E-state index contributed by atoms with van der Waals surface area (Å²) in [5, 5.41) is 0. The molecule has 1 rings (SSSR count). The molecule has 16 heavy (non-hydrogen) atoms. The van der Waals surface area contributed by atoms with Gasteiger partial charge < -0.3 is 0 Å². The lowest BCUT2D eigenvalue weighted by Gasteiger charge is -1.94. The molecule has 1 aromatic carbocycles. The molecule has 0 saturated heterocycles. The first kappa shape index (κ1) is 12.4. The summed E-state index contributed by atoms with van der Waals surface area (Å²) in [5.74, 6) is 0. The van der Waals surface area contributed by atoms with Crippen molar-refractivity contribution in [1.29, 1.82) is 0 Å². The summed E-state index contributed by atoms with van der Waals surface area (Å²) in [6, 6.07) is 9.88. The molecule has 0 heterocycles. The van der Waals surface area contributed by atoms with E-state index in [4.69, 9.17) is 0 Å². The van der Waals surface area contributed by atoms with E-state index in [1.54, 1.807) is 0 Å². The standard InChI is InChI=1S/C15H18O/c1-2-3-4-6-11-15(13-16)12-14-9-7-5-8-10-14/h5-13H,2-4H2,1H3/b11-6+,15-12-. The molecule has 0 aliphatic carbocycles. The molecule has 0 aliphatic rings. The third kappa shape index (κ3) is 4.74. The summed E-state index contributed by atoms with van der Waals surface area (Å²) >= 11 is 0. The molecule has 0 fully saturated rings. The first-order chi connectivity index (χ1) is 7.86. The number of carbonyl (C=O) groups excluding carboxylic acids is 1. The highest BCUT2D eigenvalue weighted by Crippen LogP contribution is 2.07. The van der Waals surface area contributed by atoms with E-state index >= 15 is 0 Å². The molecule has 0 aliphatic heterocycles. The smallest absolute Gasteiger partial charge is 0.150 e. The Morgan fingerprint density at radius 3 is 2.62 bits per heavy atom.